The smallest absolute Gasteiger partial charge is 0.344 e. The van der Waals surface area contributed by atoms with E-state index in [9.17, 15) is 4.79 Å². The number of rotatable bonds is 4. The molecule has 0 aliphatic carbocycles. The van der Waals surface area contributed by atoms with Crippen LogP contribution in [0.25, 0.3) is 11.3 Å². The van der Waals surface area contributed by atoms with Gasteiger partial charge >= 0.3 is 5.97 Å². The predicted molar refractivity (Wildman–Crippen MR) is 104 cm³/mol. The minimum atomic E-state index is -0.378. The molecule has 0 N–H and O–H groups in total. The topological polar surface area (TPSA) is 55.6 Å². The molecule has 5 nitrogen and oxygen atoms in total. The molecule has 2 atom stereocenters. The summed E-state index contributed by atoms with van der Waals surface area (Å²) in [6, 6.07) is 7.86. The van der Waals surface area contributed by atoms with Crippen molar-refractivity contribution in [2.75, 3.05) is 19.7 Å². The average Bonchev–Trinajstić information content (AvgIpc) is 3.07. The number of carbonyl (C=O) groups excluding carboxylic acids is 1. The lowest BCUT2D eigenvalue weighted by atomic mass is 9.84. The number of hydrogen-bond acceptors (Lipinski definition) is 5. The van der Waals surface area contributed by atoms with Gasteiger partial charge in [-0.25, -0.2) is 4.79 Å². The zero-order valence-corrected chi connectivity index (χ0v) is 16.4. The van der Waals surface area contributed by atoms with Crippen molar-refractivity contribution in [3.63, 3.8) is 0 Å². The maximum Gasteiger partial charge on any atom is 0.344 e. The number of fused-ring (bicyclic) bond motifs is 1. The quantitative estimate of drug-likeness (QED) is 0.709. The molecule has 2 aliphatic heterocycles. The van der Waals surface area contributed by atoms with Crippen molar-refractivity contribution in [3.05, 3.63) is 40.6 Å². The molecule has 0 saturated carbocycles. The van der Waals surface area contributed by atoms with Crippen molar-refractivity contribution >= 4 is 17.6 Å². The molecular formula is C21H25ClN2O3. The number of esters is 1. The maximum atomic E-state index is 12.9. The van der Waals surface area contributed by atoms with Crippen LogP contribution in [0.1, 0.15) is 48.2 Å². The van der Waals surface area contributed by atoms with E-state index in [-0.39, 0.29) is 5.97 Å². The van der Waals surface area contributed by atoms with Gasteiger partial charge in [-0.2, -0.15) is 0 Å². The van der Waals surface area contributed by atoms with Crippen LogP contribution in [0.15, 0.2) is 28.8 Å². The number of carbonyl (C=O) groups is 1. The van der Waals surface area contributed by atoms with Gasteiger partial charge in [-0.05, 0) is 51.8 Å². The molecule has 2 saturated heterocycles. The van der Waals surface area contributed by atoms with E-state index in [1.807, 2.05) is 18.2 Å². The third kappa shape index (κ3) is 3.76. The number of ether oxygens (including phenoxy) is 1. The lowest BCUT2D eigenvalue weighted by Crippen LogP contribution is -2.49. The molecule has 1 aromatic heterocycles. The van der Waals surface area contributed by atoms with E-state index in [0.717, 1.165) is 6.42 Å². The highest BCUT2D eigenvalue weighted by molar-refractivity contribution is 6.33. The van der Waals surface area contributed by atoms with E-state index in [0.29, 0.717) is 46.2 Å². The summed E-state index contributed by atoms with van der Waals surface area (Å²) < 4.78 is 11.0. The zero-order valence-electron chi connectivity index (χ0n) is 15.6. The molecule has 0 spiro atoms. The summed E-state index contributed by atoms with van der Waals surface area (Å²) in [6.45, 7) is 4.53. The summed E-state index contributed by atoms with van der Waals surface area (Å²) in [7, 11) is 0. The zero-order chi connectivity index (χ0) is 18.8. The second-order valence-electron chi connectivity index (χ2n) is 7.54. The molecule has 0 radical (unpaired) electrons. The van der Waals surface area contributed by atoms with Crippen molar-refractivity contribution in [3.8, 4) is 11.3 Å². The first kappa shape index (κ1) is 18.5. The van der Waals surface area contributed by atoms with Crippen LogP contribution in [0.4, 0.5) is 0 Å². The molecule has 4 rings (SSSR count). The van der Waals surface area contributed by atoms with Gasteiger partial charge in [-0.3, -0.25) is 4.90 Å². The van der Waals surface area contributed by atoms with Gasteiger partial charge in [0.15, 0.2) is 0 Å². The molecule has 0 bridgehead atoms. The Labute approximate surface area is 164 Å². The number of benzene rings is 1. The summed E-state index contributed by atoms with van der Waals surface area (Å²) in [5.41, 5.74) is 1.50. The SMILES string of the molecule is Cc1onc(-c2ccccc2Cl)c1C(=O)OCC1CCCN2CCCCC12. The van der Waals surface area contributed by atoms with Gasteiger partial charge < -0.3 is 9.26 Å². The first-order chi connectivity index (χ1) is 13.1. The summed E-state index contributed by atoms with van der Waals surface area (Å²) >= 11 is 6.28. The van der Waals surface area contributed by atoms with E-state index in [1.54, 1.807) is 13.0 Å². The Morgan fingerprint density at radius 1 is 1.26 bits per heavy atom. The van der Waals surface area contributed by atoms with Crippen LogP contribution in [0.3, 0.4) is 0 Å². The lowest BCUT2D eigenvalue weighted by Gasteiger charge is -2.44. The van der Waals surface area contributed by atoms with Gasteiger partial charge in [-0.1, -0.05) is 41.4 Å². The maximum absolute atomic E-state index is 12.9. The van der Waals surface area contributed by atoms with Gasteiger partial charge in [0.1, 0.15) is 17.0 Å². The fourth-order valence-corrected chi connectivity index (χ4v) is 4.70. The Kier molecular flexibility index (Phi) is 5.50. The van der Waals surface area contributed by atoms with Crippen molar-refractivity contribution in [1.29, 1.82) is 0 Å². The van der Waals surface area contributed by atoms with Crippen molar-refractivity contribution < 1.29 is 14.1 Å². The minimum Gasteiger partial charge on any atom is -0.462 e. The van der Waals surface area contributed by atoms with E-state index in [1.165, 1.54) is 38.8 Å². The van der Waals surface area contributed by atoms with Crippen LogP contribution in [0.5, 0.6) is 0 Å². The number of hydrogen-bond donors (Lipinski definition) is 0. The normalized spacial score (nSPS) is 23.0. The molecule has 2 fully saturated rings. The summed E-state index contributed by atoms with van der Waals surface area (Å²) in [6.07, 6.45) is 6.06. The second-order valence-corrected chi connectivity index (χ2v) is 7.95. The lowest BCUT2D eigenvalue weighted by molar-refractivity contribution is 0.00733. The fourth-order valence-electron chi connectivity index (χ4n) is 4.48. The van der Waals surface area contributed by atoms with Crippen LogP contribution in [-0.4, -0.2) is 41.8 Å². The predicted octanol–water partition coefficient (Wildman–Crippen LogP) is 4.72. The fraction of sp³-hybridized carbons (Fsp3) is 0.524. The molecule has 27 heavy (non-hydrogen) atoms. The first-order valence-electron chi connectivity index (χ1n) is 9.77. The Morgan fingerprint density at radius 2 is 2.07 bits per heavy atom. The van der Waals surface area contributed by atoms with Crippen molar-refractivity contribution in [1.82, 2.24) is 10.1 Å². The number of piperidine rings is 2. The number of aromatic nitrogens is 1. The van der Waals surface area contributed by atoms with E-state index in [2.05, 4.69) is 10.1 Å². The van der Waals surface area contributed by atoms with Gasteiger partial charge in [0, 0.05) is 17.5 Å². The molecule has 3 heterocycles. The number of halogens is 1. The van der Waals surface area contributed by atoms with Gasteiger partial charge in [0.2, 0.25) is 0 Å². The van der Waals surface area contributed by atoms with E-state index < -0.39 is 0 Å². The monoisotopic (exact) mass is 388 g/mol. The van der Waals surface area contributed by atoms with Crippen LogP contribution in [-0.2, 0) is 4.74 Å². The van der Waals surface area contributed by atoms with Gasteiger partial charge in [0.05, 0.1) is 11.6 Å². The highest BCUT2D eigenvalue weighted by atomic mass is 35.5. The van der Waals surface area contributed by atoms with Crippen molar-refractivity contribution in [2.45, 2.75) is 45.1 Å². The Morgan fingerprint density at radius 3 is 2.93 bits per heavy atom. The standard InChI is InChI=1S/C21H25ClN2O3/c1-14-19(20(23-27-14)16-8-2-3-9-17(16)22)21(25)26-13-15-7-6-12-24-11-5-4-10-18(15)24/h2-3,8-9,15,18H,4-7,10-13H2,1H3. The largest absolute Gasteiger partial charge is 0.462 e. The highest BCUT2D eigenvalue weighted by Crippen LogP contribution is 2.33. The Bertz CT molecular complexity index is 818. The van der Waals surface area contributed by atoms with Gasteiger partial charge in [0.25, 0.3) is 0 Å². The Hall–Kier alpha value is -1.85. The van der Waals surface area contributed by atoms with Crippen LogP contribution >= 0.6 is 11.6 Å². The average molecular weight is 389 g/mol. The van der Waals surface area contributed by atoms with E-state index in [4.69, 9.17) is 20.9 Å². The molecular weight excluding hydrogens is 364 g/mol. The molecule has 2 aromatic rings. The molecule has 6 heteroatoms. The highest BCUT2D eigenvalue weighted by Gasteiger charge is 2.34. The minimum absolute atomic E-state index is 0.374. The molecule has 144 valence electrons. The molecule has 2 aliphatic rings. The molecule has 1 aromatic carbocycles. The third-order valence-electron chi connectivity index (χ3n) is 5.85. The van der Waals surface area contributed by atoms with Crippen LogP contribution in [0, 0.1) is 12.8 Å². The Balaban J connectivity index is 1.49. The summed E-state index contributed by atoms with van der Waals surface area (Å²) in [5.74, 6) is 0.487. The first-order valence-corrected chi connectivity index (χ1v) is 10.2. The second kappa shape index (κ2) is 8.03. The molecule has 2 unspecified atom stereocenters. The van der Waals surface area contributed by atoms with Gasteiger partial charge in [-0.15, -0.1) is 0 Å². The van der Waals surface area contributed by atoms with Crippen LogP contribution < -0.4 is 0 Å². The number of nitrogens with zero attached hydrogens (tertiary/aromatic N) is 2. The van der Waals surface area contributed by atoms with Crippen LogP contribution in [0.2, 0.25) is 5.02 Å². The number of aryl methyl sites for hydroxylation is 1. The van der Waals surface area contributed by atoms with E-state index >= 15 is 0 Å². The summed E-state index contributed by atoms with van der Waals surface area (Å²) in [5, 5.41) is 4.59. The third-order valence-corrected chi connectivity index (χ3v) is 6.18. The van der Waals surface area contributed by atoms with Crippen molar-refractivity contribution in [2.24, 2.45) is 5.92 Å². The summed E-state index contributed by atoms with van der Waals surface area (Å²) in [4.78, 5) is 15.4. The molecule has 0 amide bonds.